The first-order valence-corrected chi connectivity index (χ1v) is 4.97. The van der Waals surface area contributed by atoms with Crippen molar-refractivity contribution in [2.45, 2.75) is 0 Å². The van der Waals surface area contributed by atoms with Crippen molar-refractivity contribution in [3.63, 3.8) is 0 Å². The number of amides is 2. The first kappa shape index (κ1) is 9.23. The fourth-order valence-corrected chi connectivity index (χ4v) is 2.20. The van der Waals surface area contributed by atoms with E-state index >= 15 is 0 Å². The molecule has 0 aliphatic rings. The predicted molar refractivity (Wildman–Crippen MR) is 57.8 cm³/mol. The number of aromatic nitrogens is 1. The minimum absolute atomic E-state index is 0.481. The van der Waals surface area contributed by atoms with Gasteiger partial charge in [0.05, 0.1) is 10.2 Å². The van der Waals surface area contributed by atoms with Crippen molar-refractivity contribution in [1.29, 1.82) is 0 Å². The lowest BCUT2D eigenvalue weighted by atomic mass is 10.3. The number of carbonyl (C=O) groups excluding carboxylic acids is 1. The molecule has 4 nitrogen and oxygen atoms in total. The third-order valence-corrected chi connectivity index (χ3v) is 2.75. The van der Waals surface area contributed by atoms with E-state index in [0.717, 1.165) is 10.2 Å². The van der Waals surface area contributed by atoms with Crippen molar-refractivity contribution in [1.82, 2.24) is 4.98 Å². The van der Waals surface area contributed by atoms with Crippen LogP contribution in [0.1, 0.15) is 0 Å². The number of rotatable bonds is 1. The molecule has 0 unspecified atom stereocenters. The SMILES string of the molecule is NC(=O)Nc1nc2ccc(Cl)cc2s1. The molecule has 2 rings (SSSR count). The molecule has 0 saturated heterocycles. The van der Waals surface area contributed by atoms with E-state index in [-0.39, 0.29) is 0 Å². The zero-order valence-corrected chi connectivity index (χ0v) is 8.52. The Labute approximate surface area is 88.7 Å². The number of anilines is 1. The van der Waals surface area contributed by atoms with E-state index in [1.165, 1.54) is 11.3 Å². The molecule has 6 heteroatoms. The van der Waals surface area contributed by atoms with Gasteiger partial charge >= 0.3 is 6.03 Å². The fourth-order valence-electron chi connectivity index (χ4n) is 1.06. The highest BCUT2D eigenvalue weighted by Crippen LogP contribution is 2.27. The summed E-state index contributed by atoms with van der Waals surface area (Å²) in [6.45, 7) is 0. The maximum Gasteiger partial charge on any atom is 0.318 e. The third-order valence-electron chi connectivity index (χ3n) is 1.58. The van der Waals surface area contributed by atoms with Crippen molar-refractivity contribution < 1.29 is 4.79 Å². The average molecular weight is 228 g/mol. The van der Waals surface area contributed by atoms with Crippen molar-refractivity contribution in [2.75, 3.05) is 5.32 Å². The van der Waals surface area contributed by atoms with Crippen molar-refractivity contribution in [3.8, 4) is 0 Å². The van der Waals surface area contributed by atoms with Crippen molar-refractivity contribution >= 4 is 44.3 Å². The Morgan fingerprint density at radius 1 is 1.57 bits per heavy atom. The summed E-state index contributed by atoms with van der Waals surface area (Å²) in [6.07, 6.45) is 0. The number of carbonyl (C=O) groups is 1. The number of fused-ring (bicyclic) bond motifs is 1. The molecule has 0 aliphatic carbocycles. The van der Waals surface area contributed by atoms with Crippen LogP contribution in [0.5, 0.6) is 0 Å². The van der Waals surface area contributed by atoms with Gasteiger partial charge in [0.25, 0.3) is 0 Å². The molecule has 2 aromatic rings. The molecule has 0 bridgehead atoms. The van der Waals surface area contributed by atoms with Crippen LogP contribution in [-0.4, -0.2) is 11.0 Å². The van der Waals surface area contributed by atoms with Gasteiger partial charge in [0.1, 0.15) is 0 Å². The van der Waals surface area contributed by atoms with Crippen LogP contribution in [0.3, 0.4) is 0 Å². The Bertz CT molecular complexity index is 496. The molecule has 14 heavy (non-hydrogen) atoms. The van der Waals surface area contributed by atoms with Crippen molar-refractivity contribution in [3.05, 3.63) is 23.2 Å². The van der Waals surface area contributed by atoms with E-state index in [4.69, 9.17) is 17.3 Å². The summed E-state index contributed by atoms with van der Waals surface area (Å²) in [7, 11) is 0. The fraction of sp³-hybridized carbons (Fsp3) is 0. The molecule has 0 radical (unpaired) electrons. The number of benzene rings is 1. The topological polar surface area (TPSA) is 68.0 Å². The summed E-state index contributed by atoms with van der Waals surface area (Å²) in [4.78, 5) is 14.7. The van der Waals surface area contributed by atoms with Gasteiger partial charge in [-0.2, -0.15) is 0 Å². The van der Waals surface area contributed by atoms with Gasteiger partial charge in [-0.15, -0.1) is 0 Å². The number of nitrogens with two attached hydrogens (primary N) is 1. The second-order valence-corrected chi connectivity index (χ2v) is 4.09. The molecule has 0 fully saturated rings. The van der Waals surface area contributed by atoms with Gasteiger partial charge in [-0.1, -0.05) is 22.9 Å². The minimum Gasteiger partial charge on any atom is -0.351 e. The Morgan fingerprint density at radius 2 is 2.36 bits per heavy atom. The Hall–Kier alpha value is -1.33. The van der Waals surface area contributed by atoms with Crippen LogP contribution in [0, 0.1) is 0 Å². The first-order valence-electron chi connectivity index (χ1n) is 3.78. The largest absolute Gasteiger partial charge is 0.351 e. The van der Waals surface area contributed by atoms with Crippen LogP contribution in [0.4, 0.5) is 9.93 Å². The highest BCUT2D eigenvalue weighted by Gasteiger charge is 2.05. The quantitative estimate of drug-likeness (QED) is 0.786. The summed E-state index contributed by atoms with van der Waals surface area (Å²) in [5.74, 6) is 0. The van der Waals surface area contributed by atoms with Gasteiger partial charge in [-0.25, -0.2) is 9.78 Å². The number of hydrogen-bond donors (Lipinski definition) is 2. The molecule has 0 atom stereocenters. The number of primary amides is 1. The van der Waals surface area contributed by atoms with Crippen LogP contribution < -0.4 is 11.1 Å². The summed E-state index contributed by atoms with van der Waals surface area (Å²) in [5.41, 5.74) is 5.76. The van der Waals surface area contributed by atoms with Crippen molar-refractivity contribution in [2.24, 2.45) is 5.73 Å². The number of urea groups is 1. The monoisotopic (exact) mass is 227 g/mol. The van der Waals surface area contributed by atoms with Crippen LogP contribution in [0.25, 0.3) is 10.2 Å². The normalized spacial score (nSPS) is 10.4. The molecule has 1 aromatic carbocycles. The van der Waals surface area contributed by atoms with Gasteiger partial charge < -0.3 is 5.73 Å². The van der Waals surface area contributed by atoms with E-state index in [0.29, 0.717) is 10.2 Å². The Balaban J connectivity index is 2.46. The second kappa shape index (κ2) is 3.43. The van der Waals surface area contributed by atoms with Crippen LogP contribution in [0.15, 0.2) is 18.2 Å². The molecule has 0 aliphatic heterocycles. The molecule has 0 spiro atoms. The van der Waals surface area contributed by atoms with E-state index in [9.17, 15) is 4.79 Å². The predicted octanol–water partition coefficient (Wildman–Crippen LogP) is 2.44. The lowest BCUT2D eigenvalue weighted by Crippen LogP contribution is -2.18. The zero-order valence-electron chi connectivity index (χ0n) is 6.95. The molecule has 3 N–H and O–H groups in total. The van der Waals surface area contributed by atoms with Gasteiger partial charge in [0.15, 0.2) is 5.13 Å². The Morgan fingerprint density at radius 3 is 3.07 bits per heavy atom. The smallest absolute Gasteiger partial charge is 0.318 e. The lowest BCUT2D eigenvalue weighted by molar-refractivity contribution is 0.259. The van der Waals surface area contributed by atoms with Gasteiger partial charge in [-0.05, 0) is 18.2 Å². The molecule has 0 saturated carbocycles. The molecular weight excluding hydrogens is 222 g/mol. The zero-order chi connectivity index (χ0) is 10.1. The number of hydrogen-bond acceptors (Lipinski definition) is 3. The maximum atomic E-state index is 10.6. The summed E-state index contributed by atoms with van der Waals surface area (Å²) < 4.78 is 0.918. The Kier molecular flexibility index (Phi) is 2.26. The van der Waals surface area contributed by atoms with E-state index in [1.807, 2.05) is 0 Å². The molecule has 1 heterocycles. The summed E-state index contributed by atoms with van der Waals surface area (Å²) in [5, 5.41) is 3.54. The van der Waals surface area contributed by atoms with Crippen LogP contribution >= 0.6 is 22.9 Å². The van der Waals surface area contributed by atoms with Crippen LogP contribution in [-0.2, 0) is 0 Å². The minimum atomic E-state index is -0.616. The third kappa shape index (κ3) is 1.78. The molecule has 1 aromatic heterocycles. The summed E-state index contributed by atoms with van der Waals surface area (Å²) in [6, 6.07) is 4.72. The van der Waals surface area contributed by atoms with Crippen LogP contribution in [0.2, 0.25) is 5.02 Å². The van der Waals surface area contributed by atoms with E-state index < -0.39 is 6.03 Å². The lowest BCUT2D eigenvalue weighted by Gasteiger charge is -1.91. The number of nitrogens with one attached hydrogen (secondary N) is 1. The molecular formula is C8H6ClN3OS. The molecule has 72 valence electrons. The average Bonchev–Trinajstić information content (AvgIpc) is 2.44. The number of thiazole rings is 1. The molecule has 2 amide bonds. The first-order chi connectivity index (χ1) is 6.65. The summed E-state index contributed by atoms with van der Waals surface area (Å²) >= 11 is 7.13. The van der Waals surface area contributed by atoms with Gasteiger partial charge in [-0.3, -0.25) is 5.32 Å². The number of nitrogens with zero attached hydrogens (tertiary/aromatic N) is 1. The number of halogens is 1. The standard InChI is InChI=1S/C8H6ClN3OS/c9-4-1-2-5-6(3-4)14-8(11-5)12-7(10)13/h1-3H,(H3,10,11,12,13). The van der Waals surface area contributed by atoms with Gasteiger partial charge in [0, 0.05) is 5.02 Å². The highest BCUT2D eigenvalue weighted by atomic mass is 35.5. The highest BCUT2D eigenvalue weighted by molar-refractivity contribution is 7.22. The van der Waals surface area contributed by atoms with E-state index in [2.05, 4.69) is 10.3 Å². The second-order valence-electron chi connectivity index (χ2n) is 2.62. The van der Waals surface area contributed by atoms with E-state index in [1.54, 1.807) is 18.2 Å². The van der Waals surface area contributed by atoms with Gasteiger partial charge in [0.2, 0.25) is 0 Å². The maximum absolute atomic E-state index is 10.6.